The Morgan fingerprint density at radius 2 is 2.19 bits per heavy atom. The summed E-state index contributed by atoms with van der Waals surface area (Å²) >= 11 is 0. The molecule has 114 valence electrons. The summed E-state index contributed by atoms with van der Waals surface area (Å²) in [6, 6.07) is 3.98. The molecule has 0 unspecified atom stereocenters. The van der Waals surface area contributed by atoms with Crippen molar-refractivity contribution in [2.45, 2.75) is 17.9 Å². The topological polar surface area (TPSA) is 97.1 Å². The molecule has 0 aliphatic rings. The first-order valence-corrected chi connectivity index (χ1v) is 7.69. The highest BCUT2D eigenvalue weighted by Crippen LogP contribution is 2.16. The van der Waals surface area contributed by atoms with Gasteiger partial charge in [-0.1, -0.05) is 11.2 Å². The number of hydrogen-bond donors (Lipinski definition) is 2. The van der Waals surface area contributed by atoms with Crippen LogP contribution in [0.3, 0.4) is 0 Å². The molecular formula is C12H15FN4O3S. The summed E-state index contributed by atoms with van der Waals surface area (Å²) < 4.78 is 45.0. The first-order chi connectivity index (χ1) is 10.0. The largest absolute Gasteiger partial charge is 0.340 e. The van der Waals surface area contributed by atoms with E-state index in [-0.39, 0.29) is 17.9 Å². The third-order valence-electron chi connectivity index (χ3n) is 2.70. The molecule has 1 heterocycles. The minimum Gasteiger partial charge on any atom is -0.340 e. The molecule has 7 nitrogen and oxygen atoms in total. The van der Waals surface area contributed by atoms with Crippen LogP contribution >= 0.6 is 0 Å². The van der Waals surface area contributed by atoms with Crippen molar-refractivity contribution in [3.05, 3.63) is 41.8 Å². The van der Waals surface area contributed by atoms with E-state index in [1.165, 1.54) is 18.5 Å². The first-order valence-electron chi connectivity index (χ1n) is 6.21. The average molecular weight is 314 g/mol. The molecule has 0 spiro atoms. The van der Waals surface area contributed by atoms with Crippen molar-refractivity contribution in [1.29, 1.82) is 0 Å². The van der Waals surface area contributed by atoms with Gasteiger partial charge in [0.25, 0.3) is 0 Å². The summed E-state index contributed by atoms with van der Waals surface area (Å²) in [5, 5.41) is 6.29. The SMILES string of the molecule is CNCc1ccc(F)c(S(=O)(=O)NCCc2ncno2)c1. The number of halogens is 1. The van der Waals surface area contributed by atoms with Crippen molar-refractivity contribution in [1.82, 2.24) is 20.2 Å². The number of aromatic nitrogens is 2. The Bertz CT molecular complexity index is 689. The maximum Gasteiger partial charge on any atom is 0.243 e. The van der Waals surface area contributed by atoms with Crippen LogP contribution in [0.15, 0.2) is 33.9 Å². The van der Waals surface area contributed by atoms with E-state index in [0.29, 0.717) is 18.0 Å². The molecule has 1 aromatic heterocycles. The van der Waals surface area contributed by atoms with Crippen molar-refractivity contribution in [2.75, 3.05) is 13.6 Å². The minimum atomic E-state index is -3.93. The predicted octanol–water partition coefficient (Wildman–Crippen LogP) is 0.449. The summed E-state index contributed by atoms with van der Waals surface area (Å²) in [7, 11) is -2.21. The lowest BCUT2D eigenvalue weighted by Crippen LogP contribution is -2.27. The first kappa shape index (κ1) is 15.5. The van der Waals surface area contributed by atoms with Crippen molar-refractivity contribution < 1.29 is 17.3 Å². The molecule has 9 heteroatoms. The normalized spacial score (nSPS) is 11.7. The molecule has 2 N–H and O–H groups in total. The van der Waals surface area contributed by atoms with E-state index in [2.05, 4.69) is 20.2 Å². The Kier molecular flexibility index (Phi) is 4.99. The third kappa shape index (κ3) is 4.06. The van der Waals surface area contributed by atoms with Crippen LogP contribution in [0, 0.1) is 5.82 Å². The zero-order valence-corrected chi connectivity index (χ0v) is 12.2. The van der Waals surface area contributed by atoms with E-state index in [1.807, 2.05) is 0 Å². The lowest BCUT2D eigenvalue weighted by molar-refractivity contribution is 0.377. The van der Waals surface area contributed by atoms with Gasteiger partial charge < -0.3 is 9.84 Å². The van der Waals surface area contributed by atoms with Crippen LogP contribution in [-0.2, 0) is 23.0 Å². The summed E-state index contributed by atoms with van der Waals surface area (Å²) in [5.74, 6) is -0.484. The zero-order valence-electron chi connectivity index (χ0n) is 11.3. The van der Waals surface area contributed by atoms with Gasteiger partial charge in [-0.3, -0.25) is 0 Å². The average Bonchev–Trinajstić information content (AvgIpc) is 2.94. The van der Waals surface area contributed by atoms with E-state index in [0.717, 1.165) is 6.07 Å². The van der Waals surface area contributed by atoms with Gasteiger partial charge in [0.2, 0.25) is 15.9 Å². The Balaban J connectivity index is 2.09. The second-order valence-corrected chi connectivity index (χ2v) is 6.01. The molecule has 0 atom stereocenters. The lowest BCUT2D eigenvalue weighted by Gasteiger charge is -2.09. The predicted molar refractivity (Wildman–Crippen MR) is 72.4 cm³/mol. The molecule has 0 aliphatic heterocycles. The maximum atomic E-state index is 13.7. The van der Waals surface area contributed by atoms with Crippen LogP contribution < -0.4 is 10.0 Å². The molecule has 1 aromatic carbocycles. The number of hydrogen-bond acceptors (Lipinski definition) is 6. The van der Waals surface area contributed by atoms with Gasteiger partial charge in [0.05, 0.1) is 0 Å². The van der Waals surface area contributed by atoms with Gasteiger partial charge >= 0.3 is 0 Å². The van der Waals surface area contributed by atoms with Crippen molar-refractivity contribution >= 4 is 10.0 Å². The molecule has 0 bridgehead atoms. The molecule has 21 heavy (non-hydrogen) atoms. The van der Waals surface area contributed by atoms with E-state index in [1.54, 1.807) is 7.05 Å². The fourth-order valence-corrected chi connectivity index (χ4v) is 2.90. The molecule has 0 radical (unpaired) electrons. The Labute approximate surface area is 121 Å². The van der Waals surface area contributed by atoms with Crippen LogP contribution in [0.5, 0.6) is 0 Å². The van der Waals surface area contributed by atoms with Gasteiger partial charge in [-0.25, -0.2) is 17.5 Å². The van der Waals surface area contributed by atoms with Crippen LogP contribution in [0.1, 0.15) is 11.5 Å². The third-order valence-corrected chi connectivity index (χ3v) is 4.18. The van der Waals surface area contributed by atoms with Crippen molar-refractivity contribution in [2.24, 2.45) is 0 Å². The molecule has 2 rings (SSSR count). The monoisotopic (exact) mass is 314 g/mol. The number of nitrogens with zero attached hydrogens (tertiary/aromatic N) is 2. The smallest absolute Gasteiger partial charge is 0.243 e. The fraction of sp³-hybridized carbons (Fsp3) is 0.333. The highest BCUT2D eigenvalue weighted by atomic mass is 32.2. The Morgan fingerprint density at radius 3 is 2.86 bits per heavy atom. The Morgan fingerprint density at radius 1 is 1.38 bits per heavy atom. The maximum absolute atomic E-state index is 13.7. The summed E-state index contributed by atoms with van der Waals surface area (Å²) in [5.41, 5.74) is 0.677. The standard InChI is InChI=1S/C12H15FN4O3S/c1-14-7-9-2-3-10(13)11(6-9)21(18,19)17-5-4-12-15-8-16-20-12/h2-3,6,8,14,17H,4-5,7H2,1H3. The molecule has 0 fully saturated rings. The molecule has 0 saturated heterocycles. The van der Waals surface area contributed by atoms with Crippen molar-refractivity contribution in [3.8, 4) is 0 Å². The van der Waals surface area contributed by atoms with Crippen LogP contribution in [0.4, 0.5) is 4.39 Å². The van der Waals surface area contributed by atoms with Gasteiger partial charge in [0.1, 0.15) is 10.7 Å². The second kappa shape index (κ2) is 6.74. The summed E-state index contributed by atoms with van der Waals surface area (Å²) in [6.07, 6.45) is 1.46. The Hall–Kier alpha value is -1.84. The van der Waals surface area contributed by atoms with Crippen LogP contribution in [-0.4, -0.2) is 32.2 Å². The number of sulfonamides is 1. The molecule has 0 saturated carbocycles. The lowest BCUT2D eigenvalue weighted by atomic mass is 10.2. The van der Waals surface area contributed by atoms with Gasteiger partial charge in [0.15, 0.2) is 6.33 Å². The molecule has 0 aliphatic carbocycles. The van der Waals surface area contributed by atoms with Crippen LogP contribution in [0.25, 0.3) is 0 Å². The quantitative estimate of drug-likeness (QED) is 0.770. The van der Waals surface area contributed by atoms with E-state index >= 15 is 0 Å². The molecule has 2 aromatic rings. The molecule has 0 amide bonds. The van der Waals surface area contributed by atoms with Gasteiger partial charge in [-0.2, -0.15) is 4.98 Å². The number of nitrogens with one attached hydrogen (secondary N) is 2. The minimum absolute atomic E-state index is 0.0419. The van der Waals surface area contributed by atoms with E-state index < -0.39 is 15.8 Å². The van der Waals surface area contributed by atoms with Gasteiger partial charge in [0, 0.05) is 19.5 Å². The highest BCUT2D eigenvalue weighted by Gasteiger charge is 2.19. The van der Waals surface area contributed by atoms with Crippen molar-refractivity contribution in [3.63, 3.8) is 0 Å². The molecular weight excluding hydrogens is 299 g/mol. The number of rotatable bonds is 7. The second-order valence-electron chi connectivity index (χ2n) is 4.28. The summed E-state index contributed by atoms with van der Waals surface area (Å²) in [4.78, 5) is 3.40. The summed E-state index contributed by atoms with van der Waals surface area (Å²) in [6.45, 7) is 0.491. The van der Waals surface area contributed by atoms with Crippen LogP contribution in [0.2, 0.25) is 0 Å². The van der Waals surface area contributed by atoms with Gasteiger partial charge in [-0.15, -0.1) is 0 Å². The highest BCUT2D eigenvalue weighted by molar-refractivity contribution is 7.89. The van der Waals surface area contributed by atoms with E-state index in [4.69, 9.17) is 4.52 Å². The number of benzene rings is 1. The van der Waals surface area contributed by atoms with E-state index in [9.17, 15) is 12.8 Å². The fourth-order valence-electron chi connectivity index (χ4n) is 1.74. The van der Waals surface area contributed by atoms with Gasteiger partial charge in [-0.05, 0) is 24.7 Å². The zero-order chi connectivity index (χ0) is 15.3.